The van der Waals surface area contributed by atoms with Crippen LogP contribution in [-0.4, -0.2) is 20.5 Å². The number of nitriles is 1. The monoisotopic (exact) mass is 432 g/mol. The largest absolute Gasteiger partial charge is 0.317 e. The van der Waals surface area contributed by atoms with E-state index in [1.165, 1.54) is 28.8 Å². The van der Waals surface area contributed by atoms with Crippen LogP contribution < -0.4 is 5.32 Å². The van der Waals surface area contributed by atoms with E-state index in [9.17, 15) is 14.0 Å². The normalized spacial score (nSPS) is 11.4. The summed E-state index contributed by atoms with van der Waals surface area (Å²) in [7, 11) is 0. The van der Waals surface area contributed by atoms with Gasteiger partial charge in [-0.15, -0.1) is 6.42 Å². The number of allylic oxidation sites excluding steroid dienone is 4. The Bertz CT molecular complexity index is 1300. The van der Waals surface area contributed by atoms with Crippen LogP contribution in [0.5, 0.6) is 0 Å². The molecule has 0 fully saturated rings. The first-order valence-corrected chi connectivity index (χ1v) is 9.97. The van der Waals surface area contributed by atoms with Crippen molar-refractivity contribution in [3.8, 4) is 18.4 Å². The van der Waals surface area contributed by atoms with E-state index in [0.29, 0.717) is 21.8 Å². The van der Waals surface area contributed by atoms with Gasteiger partial charge in [-0.05, 0) is 54.4 Å². The maximum absolute atomic E-state index is 13.9. The van der Waals surface area contributed by atoms with Crippen LogP contribution in [0.2, 0.25) is 0 Å². The second-order valence-corrected chi connectivity index (χ2v) is 7.40. The average molecular weight is 432 g/mol. The highest BCUT2D eigenvalue weighted by atomic mass is 32.1. The summed E-state index contributed by atoms with van der Waals surface area (Å²) in [5, 5.41) is 11.7. The zero-order valence-corrected chi connectivity index (χ0v) is 17.4. The number of carbonyl (C=O) groups excluding carboxylic acids is 2. The third-order valence-electron chi connectivity index (χ3n) is 4.32. The van der Waals surface area contributed by atoms with Crippen molar-refractivity contribution in [2.24, 2.45) is 0 Å². The first kappa shape index (κ1) is 21.7. The zero-order chi connectivity index (χ0) is 22.4. The number of ketones is 1. The minimum Gasteiger partial charge on any atom is -0.317 e. The number of nitrogens with one attached hydrogen (secondary N) is 1. The Kier molecular flexibility index (Phi) is 6.76. The van der Waals surface area contributed by atoms with E-state index < -0.39 is 17.5 Å². The fraction of sp³-hybridized carbons (Fsp3) is 0.130. The molecule has 0 saturated heterocycles. The fourth-order valence-electron chi connectivity index (χ4n) is 3.01. The topological polar surface area (TPSA) is 87.3 Å². The lowest BCUT2D eigenvalue weighted by molar-refractivity contribution is -0.112. The van der Waals surface area contributed by atoms with Crippen molar-refractivity contribution in [2.45, 2.75) is 19.8 Å². The molecule has 0 spiro atoms. The van der Waals surface area contributed by atoms with Crippen molar-refractivity contribution in [3.05, 3.63) is 77.0 Å². The van der Waals surface area contributed by atoms with Crippen LogP contribution >= 0.6 is 11.5 Å². The molecule has 3 aromatic rings. The Balaban J connectivity index is 1.97. The third kappa shape index (κ3) is 5.13. The molecule has 0 aliphatic rings. The van der Waals surface area contributed by atoms with Gasteiger partial charge in [0.05, 0.1) is 29.3 Å². The van der Waals surface area contributed by atoms with Crippen molar-refractivity contribution in [2.75, 3.05) is 5.32 Å². The number of Topliss-reactive ketones (excluding diaryl/α,β-unsaturated/α-hetero) is 1. The molecule has 0 aliphatic carbocycles. The molecule has 3 heterocycles. The van der Waals surface area contributed by atoms with Crippen LogP contribution in [0.4, 0.5) is 9.39 Å². The number of amides is 1. The van der Waals surface area contributed by atoms with Crippen molar-refractivity contribution in [1.29, 1.82) is 5.26 Å². The maximum Gasteiger partial charge on any atom is 0.297 e. The molecule has 1 amide bonds. The highest BCUT2D eigenvalue weighted by Gasteiger charge is 2.23. The summed E-state index contributed by atoms with van der Waals surface area (Å²) in [6, 6.07) is 7.90. The molecule has 0 atom stereocenters. The number of terminal acetylenes is 1. The summed E-state index contributed by atoms with van der Waals surface area (Å²) in [5.74, 6) is 0.394. The quantitative estimate of drug-likeness (QED) is 0.262. The highest BCUT2D eigenvalue weighted by molar-refractivity contribution is 7.10. The lowest BCUT2D eigenvalue weighted by Crippen LogP contribution is -2.22. The van der Waals surface area contributed by atoms with Crippen molar-refractivity contribution in [1.82, 2.24) is 8.77 Å². The van der Waals surface area contributed by atoms with Crippen LogP contribution in [0, 0.1) is 36.4 Å². The summed E-state index contributed by atoms with van der Waals surface area (Å²) in [6.07, 6.45) is 12.0. The number of aryl methyl sites for hydroxylation is 1. The van der Waals surface area contributed by atoms with Gasteiger partial charge in [0.1, 0.15) is 10.8 Å². The molecule has 0 radical (unpaired) electrons. The van der Waals surface area contributed by atoms with Gasteiger partial charge in [-0.1, -0.05) is 18.1 Å². The van der Waals surface area contributed by atoms with Gasteiger partial charge in [-0.3, -0.25) is 9.59 Å². The molecule has 0 saturated carbocycles. The van der Waals surface area contributed by atoms with E-state index in [0.717, 1.165) is 17.2 Å². The zero-order valence-electron chi connectivity index (χ0n) is 16.6. The number of halogens is 1. The molecule has 0 aromatic carbocycles. The molecule has 31 heavy (non-hydrogen) atoms. The van der Waals surface area contributed by atoms with Crippen LogP contribution in [0.15, 0.2) is 54.3 Å². The first-order valence-electron chi connectivity index (χ1n) is 9.20. The Morgan fingerprint density at radius 1 is 1.39 bits per heavy atom. The molecule has 0 aliphatic heterocycles. The number of fused-ring (bicyclic) bond motifs is 1. The van der Waals surface area contributed by atoms with Crippen LogP contribution in [0.3, 0.4) is 0 Å². The lowest BCUT2D eigenvalue weighted by atomic mass is 10.1. The summed E-state index contributed by atoms with van der Waals surface area (Å²) in [5.41, 5.74) is 2.55. The summed E-state index contributed by atoms with van der Waals surface area (Å²) in [6.45, 7) is 1.78. The molecule has 1 N–H and O–H groups in total. The number of aromatic nitrogens is 2. The lowest BCUT2D eigenvalue weighted by Gasteiger charge is -2.04. The third-order valence-corrected chi connectivity index (χ3v) is 5.12. The maximum atomic E-state index is 13.9. The number of carbonyl (C=O) groups is 2. The van der Waals surface area contributed by atoms with Gasteiger partial charge in [0.25, 0.3) is 11.7 Å². The average Bonchev–Trinajstić information content (AvgIpc) is 3.30. The summed E-state index contributed by atoms with van der Waals surface area (Å²) in [4.78, 5) is 25.4. The van der Waals surface area contributed by atoms with Gasteiger partial charge in [0.2, 0.25) is 0 Å². The van der Waals surface area contributed by atoms with Crippen molar-refractivity contribution < 1.29 is 14.0 Å². The van der Waals surface area contributed by atoms with Gasteiger partial charge in [-0.2, -0.15) is 9.64 Å². The predicted octanol–water partition coefficient (Wildman–Crippen LogP) is 4.24. The van der Waals surface area contributed by atoms with Gasteiger partial charge in [-0.25, -0.2) is 4.39 Å². The molecular formula is C23H17FN4O2S. The van der Waals surface area contributed by atoms with Crippen molar-refractivity contribution in [3.63, 3.8) is 0 Å². The number of pyridine rings is 1. The molecule has 0 bridgehead atoms. The molecule has 6 nitrogen and oxygen atoms in total. The molecule has 0 unspecified atom stereocenters. The molecule has 8 heteroatoms. The van der Waals surface area contributed by atoms with Gasteiger partial charge >= 0.3 is 0 Å². The van der Waals surface area contributed by atoms with E-state index in [2.05, 4.69) is 15.6 Å². The predicted molar refractivity (Wildman–Crippen MR) is 117 cm³/mol. The number of hydrogen-bond acceptors (Lipinski definition) is 5. The molecule has 154 valence electrons. The number of hydrogen-bond donors (Lipinski definition) is 1. The SMILES string of the molecule is C#C/C=C(\C=C/CC#N)Cc1cc(C(=O)C(=O)Nc2cc(C)ns2)c2ccc(F)cn12. The first-order chi connectivity index (χ1) is 14.9. The van der Waals surface area contributed by atoms with Gasteiger partial charge < -0.3 is 9.72 Å². The standard InChI is InChI=1S/C23H17FN4O2S/c1-3-6-16(7-4-5-10-25)12-18-13-19(20-9-8-17(24)14-28(18)20)22(29)23(30)26-21-11-15(2)27-31-21/h1,4,6-9,11,13-14H,5,12H2,2H3,(H,26,30)/b7-4-,16-6+. The smallest absolute Gasteiger partial charge is 0.297 e. The minimum atomic E-state index is -0.805. The summed E-state index contributed by atoms with van der Waals surface area (Å²) >= 11 is 1.08. The second kappa shape index (κ2) is 9.66. The number of nitrogens with zero attached hydrogens (tertiary/aromatic N) is 3. The second-order valence-electron chi connectivity index (χ2n) is 6.60. The molecule has 3 aromatic heterocycles. The van der Waals surface area contributed by atoms with Crippen molar-refractivity contribution >= 4 is 33.7 Å². The van der Waals surface area contributed by atoms with Crippen LogP contribution in [-0.2, 0) is 11.2 Å². The molecule has 3 rings (SSSR count). The minimum absolute atomic E-state index is 0.148. The van der Waals surface area contributed by atoms with E-state index in [4.69, 9.17) is 11.7 Å². The van der Waals surface area contributed by atoms with E-state index >= 15 is 0 Å². The van der Waals surface area contributed by atoms with E-state index in [-0.39, 0.29) is 18.4 Å². The Morgan fingerprint density at radius 2 is 2.19 bits per heavy atom. The van der Waals surface area contributed by atoms with Crippen LogP contribution in [0.25, 0.3) is 5.52 Å². The van der Waals surface area contributed by atoms with E-state index in [1.807, 2.05) is 6.07 Å². The van der Waals surface area contributed by atoms with Gasteiger partial charge in [0, 0.05) is 18.3 Å². The highest BCUT2D eigenvalue weighted by Crippen LogP contribution is 2.23. The Morgan fingerprint density at radius 3 is 2.87 bits per heavy atom. The number of anilines is 1. The number of rotatable bonds is 7. The van der Waals surface area contributed by atoms with Crippen LogP contribution in [0.1, 0.15) is 28.2 Å². The van der Waals surface area contributed by atoms with Gasteiger partial charge in [0.15, 0.2) is 0 Å². The Hall–Kier alpha value is -4.01. The molecular weight excluding hydrogens is 415 g/mol. The van der Waals surface area contributed by atoms with E-state index in [1.54, 1.807) is 31.2 Å². The Labute approximate surface area is 182 Å². The fourth-order valence-corrected chi connectivity index (χ4v) is 3.67. The summed E-state index contributed by atoms with van der Waals surface area (Å²) < 4.78 is 19.5.